The van der Waals surface area contributed by atoms with Gasteiger partial charge >= 0.3 is 0 Å². The van der Waals surface area contributed by atoms with Crippen LogP contribution in [0.3, 0.4) is 0 Å². The highest BCUT2D eigenvalue weighted by atomic mass is 16.3. The molecule has 0 fully saturated rings. The summed E-state index contributed by atoms with van der Waals surface area (Å²) >= 11 is 0. The van der Waals surface area contributed by atoms with E-state index in [-0.39, 0.29) is 6.04 Å². The van der Waals surface area contributed by atoms with Crippen molar-refractivity contribution in [1.29, 1.82) is 0 Å². The molecule has 0 radical (unpaired) electrons. The Morgan fingerprint density at radius 3 is 2.58 bits per heavy atom. The van der Waals surface area contributed by atoms with E-state index < -0.39 is 0 Å². The monoisotopic (exact) mass is 328 g/mol. The van der Waals surface area contributed by atoms with Crippen LogP contribution >= 0.6 is 0 Å². The predicted molar refractivity (Wildman–Crippen MR) is 99.3 cm³/mol. The number of aliphatic imine (C=N–C) groups is 1. The topological polar surface area (TPSA) is 52.8 Å². The Morgan fingerprint density at radius 2 is 2.00 bits per heavy atom. The maximum Gasteiger partial charge on any atom is 0.191 e. The molecule has 2 rings (SSSR count). The summed E-state index contributed by atoms with van der Waals surface area (Å²) in [4.78, 5) is 6.44. The highest BCUT2D eigenvalue weighted by Crippen LogP contribution is 2.17. The molecule has 2 aromatic rings. The van der Waals surface area contributed by atoms with E-state index in [2.05, 4.69) is 52.6 Å². The molecule has 0 aliphatic rings. The van der Waals surface area contributed by atoms with E-state index in [1.165, 1.54) is 16.7 Å². The summed E-state index contributed by atoms with van der Waals surface area (Å²) in [7, 11) is 5.87. The normalized spacial score (nSPS) is 13.2. The van der Waals surface area contributed by atoms with Crippen molar-refractivity contribution in [3.8, 4) is 0 Å². The minimum atomic E-state index is 0.152. The molecule has 5 heteroatoms. The average Bonchev–Trinajstić information content (AvgIpc) is 3.05. The summed E-state index contributed by atoms with van der Waals surface area (Å²) in [6.07, 6.45) is 1.71. The SMILES string of the molecule is CN=C(NCc1ccc(C)cc1C)NCC(c1ccco1)N(C)C. The number of nitrogens with zero attached hydrogens (tertiary/aromatic N) is 2. The van der Waals surface area contributed by atoms with Crippen molar-refractivity contribution in [2.24, 2.45) is 4.99 Å². The highest BCUT2D eigenvalue weighted by molar-refractivity contribution is 5.79. The molecule has 2 N–H and O–H groups in total. The maximum absolute atomic E-state index is 5.54. The van der Waals surface area contributed by atoms with Crippen LogP contribution in [0, 0.1) is 13.8 Å². The lowest BCUT2D eigenvalue weighted by molar-refractivity contribution is 0.258. The third-order valence-electron chi connectivity index (χ3n) is 4.13. The number of hydrogen-bond donors (Lipinski definition) is 2. The Kier molecular flexibility index (Phi) is 6.44. The number of rotatable bonds is 6. The molecule has 0 saturated heterocycles. The number of hydrogen-bond acceptors (Lipinski definition) is 3. The van der Waals surface area contributed by atoms with Gasteiger partial charge in [0.15, 0.2) is 5.96 Å². The van der Waals surface area contributed by atoms with Gasteiger partial charge in [-0.25, -0.2) is 0 Å². The number of aryl methyl sites for hydroxylation is 2. The van der Waals surface area contributed by atoms with Crippen molar-refractivity contribution >= 4 is 5.96 Å². The Balaban J connectivity index is 1.92. The summed E-state index contributed by atoms with van der Waals surface area (Å²) in [5.74, 6) is 1.73. The zero-order valence-corrected chi connectivity index (χ0v) is 15.3. The fourth-order valence-electron chi connectivity index (χ4n) is 2.66. The molecule has 24 heavy (non-hydrogen) atoms. The number of furan rings is 1. The average molecular weight is 328 g/mol. The van der Waals surface area contributed by atoms with Crippen LogP contribution in [-0.2, 0) is 6.54 Å². The molecule has 0 aliphatic carbocycles. The van der Waals surface area contributed by atoms with E-state index in [0.717, 1.165) is 18.3 Å². The van der Waals surface area contributed by atoms with Gasteiger partial charge in [-0.2, -0.15) is 0 Å². The van der Waals surface area contributed by atoms with Crippen molar-refractivity contribution in [3.05, 3.63) is 59.0 Å². The standard InChI is InChI=1S/C19H28N4O/c1-14-8-9-16(15(2)11-14)12-21-19(20-3)22-13-17(23(4)5)18-7-6-10-24-18/h6-11,17H,12-13H2,1-5H3,(H2,20,21,22). The zero-order valence-electron chi connectivity index (χ0n) is 15.3. The van der Waals surface area contributed by atoms with E-state index in [0.29, 0.717) is 6.54 Å². The molecule has 130 valence electrons. The Hall–Kier alpha value is -2.27. The van der Waals surface area contributed by atoms with Gasteiger partial charge in [0.1, 0.15) is 5.76 Å². The van der Waals surface area contributed by atoms with Crippen LogP contribution in [0.1, 0.15) is 28.5 Å². The molecule has 0 amide bonds. The van der Waals surface area contributed by atoms with Crippen LogP contribution in [0.15, 0.2) is 46.0 Å². The van der Waals surface area contributed by atoms with E-state index in [4.69, 9.17) is 4.42 Å². The smallest absolute Gasteiger partial charge is 0.191 e. The third-order valence-corrected chi connectivity index (χ3v) is 4.13. The second-order valence-electron chi connectivity index (χ2n) is 6.23. The van der Waals surface area contributed by atoms with Crippen molar-refractivity contribution in [3.63, 3.8) is 0 Å². The fourth-order valence-corrected chi connectivity index (χ4v) is 2.66. The summed E-state index contributed by atoms with van der Waals surface area (Å²) in [5.41, 5.74) is 3.85. The second-order valence-corrected chi connectivity index (χ2v) is 6.23. The van der Waals surface area contributed by atoms with E-state index >= 15 is 0 Å². The Labute approximate surface area is 144 Å². The molecule has 1 aromatic heterocycles. The second kappa shape index (κ2) is 8.55. The van der Waals surface area contributed by atoms with Gasteiger partial charge in [-0.1, -0.05) is 23.8 Å². The summed E-state index contributed by atoms with van der Waals surface area (Å²) < 4.78 is 5.54. The Bertz CT molecular complexity index is 662. The van der Waals surface area contributed by atoms with Crippen LogP contribution in [0.25, 0.3) is 0 Å². The highest BCUT2D eigenvalue weighted by Gasteiger charge is 2.17. The molecule has 5 nitrogen and oxygen atoms in total. The third kappa shape index (κ3) is 4.86. The van der Waals surface area contributed by atoms with Crippen LogP contribution in [-0.4, -0.2) is 38.5 Å². The minimum absolute atomic E-state index is 0.152. The molecule has 1 aromatic carbocycles. The van der Waals surface area contributed by atoms with E-state index in [1.807, 2.05) is 26.2 Å². The maximum atomic E-state index is 5.54. The van der Waals surface area contributed by atoms with Gasteiger partial charge in [0.05, 0.1) is 12.3 Å². The van der Waals surface area contributed by atoms with Crippen molar-refractivity contribution in [1.82, 2.24) is 15.5 Å². The first-order chi connectivity index (χ1) is 11.5. The van der Waals surface area contributed by atoms with Crippen LogP contribution < -0.4 is 10.6 Å². The van der Waals surface area contributed by atoms with Gasteiger partial charge in [-0.15, -0.1) is 0 Å². The number of benzene rings is 1. The van der Waals surface area contributed by atoms with Gasteiger partial charge in [0.25, 0.3) is 0 Å². The minimum Gasteiger partial charge on any atom is -0.468 e. The largest absolute Gasteiger partial charge is 0.468 e. The van der Waals surface area contributed by atoms with Crippen molar-refractivity contribution < 1.29 is 4.42 Å². The molecule has 0 spiro atoms. The molecular weight excluding hydrogens is 300 g/mol. The zero-order chi connectivity index (χ0) is 17.5. The Morgan fingerprint density at radius 1 is 1.21 bits per heavy atom. The predicted octanol–water partition coefficient (Wildman–Crippen LogP) is 2.86. The van der Waals surface area contributed by atoms with Gasteiger partial charge in [-0.3, -0.25) is 9.89 Å². The lowest BCUT2D eigenvalue weighted by Crippen LogP contribution is -2.41. The van der Waals surface area contributed by atoms with E-state index in [9.17, 15) is 0 Å². The molecule has 1 atom stereocenters. The first kappa shape index (κ1) is 18.1. The first-order valence-electron chi connectivity index (χ1n) is 8.21. The van der Waals surface area contributed by atoms with Gasteiger partial charge in [-0.05, 0) is 51.2 Å². The summed E-state index contributed by atoms with van der Waals surface area (Å²) in [5, 5.41) is 6.75. The molecular formula is C19H28N4O. The quantitative estimate of drug-likeness (QED) is 0.632. The summed E-state index contributed by atoms with van der Waals surface area (Å²) in [6.45, 7) is 5.71. The van der Waals surface area contributed by atoms with Crippen molar-refractivity contribution in [2.75, 3.05) is 27.7 Å². The molecule has 0 saturated carbocycles. The molecule has 0 bridgehead atoms. The summed E-state index contributed by atoms with van der Waals surface area (Å²) in [6, 6.07) is 10.6. The van der Waals surface area contributed by atoms with Crippen LogP contribution in [0.4, 0.5) is 0 Å². The number of likely N-dealkylation sites (N-methyl/N-ethyl adjacent to an activating group) is 1. The van der Waals surface area contributed by atoms with Gasteiger partial charge in [0, 0.05) is 20.1 Å². The lowest BCUT2D eigenvalue weighted by atomic mass is 10.1. The fraction of sp³-hybridized carbons (Fsp3) is 0.421. The van der Waals surface area contributed by atoms with E-state index in [1.54, 1.807) is 13.3 Å². The number of guanidine groups is 1. The lowest BCUT2D eigenvalue weighted by Gasteiger charge is -2.23. The molecule has 0 aliphatic heterocycles. The van der Waals surface area contributed by atoms with Gasteiger partial charge < -0.3 is 15.1 Å². The number of nitrogens with one attached hydrogen (secondary N) is 2. The van der Waals surface area contributed by atoms with Gasteiger partial charge in [0.2, 0.25) is 0 Å². The molecule has 1 unspecified atom stereocenters. The van der Waals surface area contributed by atoms with Crippen LogP contribution in [0.5, 0.6) is 0 Å². The molecule has 1 heterocycles. The van der Waals surface area contributed by atoms with Crippen molar-refractivity contribution in [2.45, 2.75) is 26.4 Å². The van der Waals surface area contributed by atoms with Crippen LogP contribution in [0.2, 0.25) is 0 Å². The first-order valence-corrected chi connectivity index (χ1v) is 8.21.